The Morgan fingerprint density at radius 2 is 2.33 bits per heavy atom. The van der Waals surface area contributed by atoms with E-state index >= 15 is 0 Å². The number of anilines is 1. The Bertz CT molecular complexity index is 507. The molecule has 0 saturated carbocycles. The molecule has 0 saturated heterocycles. The molecule has 0 bridgehead atoms. The first-order chi connectivity index (χ1) is 8.65. The quantitative estimate of drug-likeness (QED) is 0.821. The van der Waals surface area contributed by atoms with Crippen LogP contribution in [-0.2, 0) is 6.42 Å². The average Bonchev–Trinajstić information content (AvgIpc) is 2.82. The predicted octanol–water partition coefficient (Wildman–Crippen LogP) is 2.22. The molecule has 0 aliphatic carbocycles. The largest absolute Gasteiger partial charge is 0.388 e. The highest BCUT2D eigenvalue weighted by atomic mass is 32.1. The van der Waals surface area contributed by atoms with Crippen LogP contribution in [0.1, 0.15) is 17.5 Å². The van der Waals surface area contributed by atoms with Gasteiger partial charge in [-0.25, -0.2) is 9.97 Å². The van der Waals surface area contributed by atoms with Gasteiger partial charge in [-0.3, -0.25) is 0 Å². The van der Waals surface area contributed by atoms with Gasteiger partial charge in [0.1, 0.15) is 16.5 Å². The highest BCUT2D eigenvalue weighted by molar-refractivity contribution is 7.80. The topological polar surface area (TPSA) is 63.8 Å². The van der Waals surface area contributed by atoms with Crippen molar-refractivity contribution in [3.05, 3.63) is 40.5 Å². The lowest BCUT2D eigenvalue weighted by atomic mass is 10.2. The number of thiocarbonyl (C=S) groups is 1. The van der Waals surface area contributed by atoms with Crippen LogP contribution in [0.2, 0.25) is 0 Å². The van der Waals surface area contributed by atoms with Gasteiger partial charge in [-0.2, -0.15) is 0 Å². The summed E-state index contributed by atoms with van der Waals surface area (Å²) in [5.41, 5.74) is 6.01. The second-order valence-electron chi connectivity index (χ2n) is 3.98. The van der Waals surface area contributed by atoms with E-state index in [1.165, 1.54) is 4.88 Å². The summed E-state index contributed by atoms with van der Waals surface area (Å²) in [5, 5.41) is 5.38. The van der Waals surface area contributed by atoms with Crippen molar-refractivity contribution in [1.29, 1.82) is 0 Å². The van der Waals surface area contributed by atoms with Crippen LogP contribution >= 0.6 is 23.6 Å². The summed E-state index contributed by atoms with van der Waals surface area (Å²) < 4.78 is 0. The second-order valence-corrected chi connectivity index (χ2v) is 5.45. The van der Waals surface area contributed by atoms with Gasteiger partial charge in [0, 0.05) is 17.3 Å². The molecular formula is C12H14N4S2. The Hall–Kier alpha value is -1.53. The maximum absolute atomic E-state index is 5.47. The summed E-state index contributed by atoms with van der Waals surface area (Å²) in [6.45, 7) is 2.11. The van der Waals surface area contributed by atoms with E-state index in [4.69, 9.17) is 18.0 Å². The van der Waals surface area contributed by atoms with E-state index < -0.39 is 0 Å². The summed E-state index contributed by atoms with van der Waals surface area (Å²) in [4.78, 5) is 9.99. The molecule has 94 valence electrons. The van der Waals surface area contributed by atoms with Crippen LogP contribution < -0.4 is 11.1 Å². The summed E-state index contributed by atoms with van der Waals surface area (Å²) in [7, 11) is 0. The number of hydrogen-bond donors (Lipinski definition) is 2. The highest BCUT2D eigenvalue weighted by Crippen LogP contribution is 2.13. The molecule has 6 heteroatoms. The molecule has 0 fully saturated rings. The Morgan fingerprint density at radius 3 is 2.89 bits per heavy atom. The van der Waals surface area contributed by atoms with Crippen LogP contribution in [-0.4, -0.2) is 21.0 Å². The molecule has 1 unspecified atom stereocenters. The number of hydrogen-bond acceptors (Lipinski definition) is 5. The molecular weight excluding hydrogens is 264 g/mol. The van der Waals surface area contributed by atoms with Crippen molar-refractivity contribution >= 4 is 34.4 Å². The molecule has 2 rings (SSSR count). The van der Waals surface area contributed by atoms with Gasteiger partial charge in [-0.1, -0.05) is 18.3 Å². The summed E-state index contributed by atoms with van der Waals surface area (Å²) in [5.74, 6) is 0.735. The van der Waals surface area contributed by atoms with E-state index in [9.17, 15) is 0 Å². The van der Waals surface area contributed by atoms with Crippen molar-refractivity contribution < 1.29 is 0 Å². The fourth-order valence-corrected chi connectivity index (χ4v) is 2.50. The van der Waals surface area contributed by atoms with E-state index in [1.54, 1.807) is 23.7 Å². The molecule has 0 aliphatic heterocycles. The van der Waals surface area contributed by atoms with Gasteiger partial charge in [0.05, 0.1) is 12.4 Å². The molecule has 0 spiro atoms. The smallest absolute Gasteiger partial charge is 0.144 e. The van der Waals surface area contributed by atoms with E-state index in [1.807, 2.05) is 0 Å². The fourth-order valence-electron chi connectivity index (χ4n) is 1.56. The van der Waals surface area contributed by atoms with Crippen molar-refractivity contribution in [2.75, 3.05) is 5.32 Å². The van der Waals surface area contributed by atoms with E-state index in [0.717, 1.165) is 12.2 Å². The van der Waals surface area contributed by atoms with Gasteiger partial charge >= 0.3 is 0 Å². The van der Waals surface area contributed by atoms with Crippen molar-refractivity contribution in [3.63, 3.8) is 0 Å². The average molecular weight is 278 g/mol. The number of thiophene rings is 1. The lowest BCUT2D eigenvalue weighted by Gasteiger charge is -2.13. The third-order valence-corrected chi connectivity index (χ3v) is 3.49. The van der Waals surface area contributed by atoms with Crippen molar-refractivity contribution in [2.24, 2.45) is 5.73 Å². The maximum Gasteiger partial charge on any atom is 0.144 e. The third-order valence-electron chi connectivity index (χ3n) is 2.39. The molecule has 0 radical (unpaired) electrons. The van der Waals surface area contributed by atoms with E-state index in [-0.39, 0.29) is 4.99 Å². The lowest BCUT2D eigenvalue weighted by Crippen LogP contribution is -2.19. The first-order valence-corrected chi connectivity index (χ1v) is 6.84. The maximum atomic E-state index is 5.47. The highest BCUT2D eigenvalue weighted by Gasteiger charge is 2.06. The minimum absolute atomic E-state index is 0.265. The van der Waals surface area contributed by atoms with Gasteiger partial charge < -0.3 is 11.1 Å². The van der Waals surface area contributed by atoms with Crippen LogP contribution in [0.3, 0.4) is 0 Å². The number of nitrogens with two attached hydrogens (primary N) is 1. The molecule has 4 nitrogen and oxygen atoms in total. The molecule has 0 aromatic carbocycles. The van der Waals surface area contributed by atoms with Crippen LogP contribution in [0.15, 0.2) is 29.9 Å². The second kappa shape index (κ2) is 5.88. The molecule has 0 aliphatic rings. The number of nitrogens with one attached hydrogen (secondary N) is 1. The fraction of sp³-hybridized carbons (Fsp3) is 0.250. The number of aromatic nitrogens is 2. The number of rotatable bonds is 5. The van der Waals surface area contributed by atoms with Gasteiger partial charge in [0.2, 0.25) is 0 Å². The molecule has 18 heavy (non-hydrogen) atoms. The Kier molecular flexibility index (Phi) is 4.22. The minimum Gasteiger partial charge on any atom is -0.388 e. The normalized spacial score (nSPS) is 12.1. The third kappa shape index (κ3) is 3.48. The molecule has 3 N–H and O–H groups in total. The monoisotopic (exact) mass is 278 g/mol. The molecule has 2 aromatic rings. The van der Waals surface area contributed by atoms with Crippen LogP contribution in [0.25, 0.3) is 0 Å². The van der Waals surface area contributed by atoms with E-state index in [0.29, 0.717) is 11.7 Å². The SMILES string of the molecule is CC(Cc1cccs1)Nc1cnc(C(N)=S)cn1. The van der Waals surface area contributed by atoms with Gasteiger partial charge in [-0.05, 0) is 18.4 Å². The first kappa shape index (κ1) is 12.9. The van der Waals surface area contributed by atoms with Gasteiger partial charge in [0.25, 0.3) is 0 Å². The lowest BCUT2D eigenvalue weighted by molar-refractivity contribution is 0.793. The van der Waals surface area contributed by atoms with Crippen molar-refractivity contribution in [1.82, 2.24) is 9.97 Å². The summed E-state index contributed by atoms with van der Waals surface area (Å²) in [6.07, 6.45) is 4.21. The Labute approximate surface area is 115 Å². The van der Waals surface area contributed by atoms with Crippen molar-refractivity contribution in [2.45, 2.75) is 19.4 Å². The zero-order chi connectivity index (χ0) is 13.0. The zero-order valence-electron chi connectivity index (χ0n) is 9.96. The Morgan fingerprint density at radius 1 is 1.50 bits per heavy atom. The Balaban J connectivity index is 1.94. The predicted molar refractivity (Wildman–Crippen MR) is 79.0 cm³/mol. The van der Waals surface area contributed by atoms with Crippen LogP contribution in [0.4, 0.5) is 5.82 Å². The van der Waals surface area contributed by atoms with Crippen molar-refractivity contribution in [3.8, 4) is 0 Å². The van der Waals surface area contributed by atoms with Crippen LogP contribution in [0.5, 0.6) is 0 Å². The van der Waals surface area contributed by atoms with Gasteiger partial charge in [-0.15, -0.1) is 11.3 Å². The summed E-state index contributed by atoms with van der Waals surface area (Å²) in [6, 6.07) is 4.49. The van der Waals surface area contributed by atoms with Crippen LogP contribution in [0, 0.1) is 0 Å². The molecule has 2 aromatic heterocycles. The minimum atomic E-state index is 0.265. The number of nitrogens with zero attached hydrogens (tertiary/aromatic N) is 2. The van der Waals surface area contributed by atoms with Gasteiger partial charge in [0.15, 0.2) is 0 Å². The first-order valence-electron chi connectivity index (χ1n) is 5.56. The zero-order valence-corrected chi connectivity index (χ0v) is 11.6. The molecule has 1 atom stereocenters. The standard InChI is InChI=1S/C12H14N4S2/c1-8(5-9-3-2-4-18-9)16-11-7-14-10(6-15-11)12(13)17/h2-4,6-8H,5H2,1H3,(H2,13,17)(H,15,16). The summed E-state index contributed by atoms with van der Waals surface area (Å²) >= 11 is 6.58. The van der Waals surface area contributed by atoms with E-state index in [2.05, 4.69) is 39.7 Å². The molecule has 0 amide bonds. The molecule has 2 heterocycles.